The Morgan fingerprint density at radius 2 is 1.83 bits per heavy atom. The zero-order valence-electron chi connectivity index (χ0n) is 17.6. The second kappa shape index (κ2) is 6.78. The second-order valence-electron chi connectivity index (χ2n) is 10.5. The average molecular weight is 397 g/mol. The van der Waals surface area contributed by atoms with Gasteiger partial charge in [-0.1, -0.05) is 49.8 Å². The van der Waals surface area contributed by atoms with Gasteiger partial charge in [0.25, 0.3) is 0 Å². The first kappa shape index (κ1) is 19.5. The highest BCUT2D eigenvalue weighted by molar-refractivity contribution is 5.56. The van der Waals surface area contributed by atoms with Gasteiger partial charge in [-0.05, 0) is 79.8 Å². The largest absolute Gasteiger partial charge is 0.393 e. The summed E-state index contributed by atoms with van der Waals surface area (Å²) in [5.74, 6) is 1.42. The minimum Gasteiger partial charge on any atom is -0.393 e. The summed E-state index contributed by atoms with van der Waals surface area (Å²) in [6.45, 7) is 4.68. The SMILES string of the molecule is CC12CCC(O)CC1=CCC1C2CCC2(C)C(O)C(=Cc3ccccc3F)CC12. The van der Waals surface area contributed by atoms with Crippen LogP contribution in [0.2, 0.25) is 0 Å². The lowest BCUT2D eigenvalue weighted by Gasteiger charge is -2.57. The molecule has 0 bridgehead atoms. The zero-order valence-corrected chi connectivity index (χ0v) is 17.6. The molecule has 2 nitrogen and oxygen atoms in total. The van der Waals surface area contributed by atoms with E-state index in [1.165, 1.54) is 11.6 Å². The van der Waals surface area contributed by atoms with E-state index in [-0.39, 0.29) is 22.8 Å². The standard InChI is InChI=1S/C26H33FO2/c1-25-11-9-19(28)15-18(25)7-8-20-21(25)10-12-26(2)22(20)14-17(24(26)29)13-16-5-3-4-6-23(16)27/h3-7,13,19-22,24,28-29H,8-12,14-15H2,1-2H3. The highest BCUT2D eigenvalue weighted by Gasteiger charge is 2.59. The zero-order chi connectivity index (χ0) is 20.4. The van der Waals surface area contributed by atoms with Crippen LogP contribution in [0.25, 0.3) is 6.08 Å². The van der Waals surface area contributed by atoms with Crippen molar-refractivity contribution in [3.63, 3.8) is 0 Å². The monoisotopic (exact) mass is 396 g/mol. The smallest absolute Gasteiger partial charge is 0.130 e. The van der Waals surface area contributed by atoms with Gasteiger partial charge in [-0.25, -0.2) is 4.39 Å². The van der Waals surface area contributed by atoms with Gasteiger partial charge in [0.2, 0.25) is 0 Å². The van der Waals surface area contributed by atoms with Crippen molar-refractivity contribution < 1.29 is 14.6 Å². The van der Waals surface area contributed by atoms with E-state index in [0.29, 0.717) is 23.3 Å². The summed E-state index contributed by atoms with van der Waals surface area (Å²) < 4.78 is 14.2. The Labute approximate surface area is 173 Å². The van der Waals surface area contributed by atoms with Crippen molar-refractivity contribution in [3.8, 4) is 0 Å². The van der Waals surface area contributed by atoms with Gasteiger partial charge in [0.05, 0.1) is 12.2 Å². The van der Waals surface area contributed by atoms with Crippen molar-refractivity contribution in [1.82, 2.24) is 0 Å². The number of aliphatic hydroxyl groups is 2. The lowest BCUT2D eigenvalue weighted by Crippen LogP contribution is -2.51. The van der Waals surface area contributed by atoms with Gasteiger partial charge in [0, 0.05) is 11.0 Å². The van der Waals surface area contributed by atoms with Gasteiger partial charge in [0.15, 0.2) is 0 Å². The number of aliphatic hydroxyl groups excluding tert-OH is 2. The van der Waals surface area contributed by atoms with Crippen molar-refractivity contribution in [3.05, 3.63) is 52.9 Å². The van der Waals surface area contributed by atoms with Crippen molar-refractivity contribution in [2.75, 3.05) is 0 Å². The Morgan fingerprint density at radius 1 is 1.03 bits per heavy atom. The minimum atomic E-state index is -0.487. The molecule has 0 radical (unpaired) electrons. The summed E-state index contributed by atoms with van der Waals surface area (Å²) in [5.41, 5.74) is 3.14. The van der Waals surface area contributed by atoms with E-state index < -0.39 is 6.10 Å². The van der Waals surface area contributed by atoms with Gasteiger partial charge < -0.3 is 10.2 Å². The molecule has 156 valence electrons. The van der Waals surface area contributed by atoms with Crippen molar-refractivity contribution in [1.29, 1.82) is 0 Å². The molecule has 1 aromatic rings. The van der Waals surface area contributed by atoms with Gasteiger partial charge in [-0.3, -0.25) is 0 Å². The molecule has 2 N–H and O–H groups in total. The topological polar surface area (TPSA) is 40.5 Å². The molecule has 0 aliphatic heterocycles. The maximum atomic E-state index is 14.2. The van der Waals surface area contributed by atoms with Crippen LogP contribution < -0.4 is 0 Å². The Kier molecular flexibility index (Phi) is 4.56. The van der Waals surface area contributed by atoms with Crippen LogP contribution >= 0.6 is 0 Å². The predicted molar refractivity (Wildman–Crippen MR) is 113 cm³/mol. The molecule has 0 aromatic heterocycles. The lowest BCUT2D eigenvalue weighted by atomic mass is 9.48. The Hall–Kier alpha value is -1.45. The Morgan fingerprint density at radius 3 is 2.62 bits per heavy atom. The second-order valence-corrected chi connectivity index (χ2v) is 10.5. The molecule has 3 saturated carbocycles. The highest BCUT2D eigenvalue weighted by atomic mass is 19.1. The van der Waals surface area contributed by atoms with E-state index in [4.69, 9.17) is 0 Å². The maximum Gasteiger partial charge on any atom is 0.130 e. The molecule has 3 heteroatoms. The first-order valence-electron chi connectivity index (χ1n) is 11.3. The molecule has 3 fully saturated rings. The van der Waals surface area contributed by atoms with Gasteiger partial charge in [-0.15, -0.1) is 0 Å². The highest BCUT2D eigenvalue weighted by Crippen LogP contribution is 2.65. The normalized spacial score (nSPS) is 45.3. The molecule has 0 heterocycles. The van der Waals surface area contributed by atoms with Gasteiger partial charge >= 0.3 is 0 Å². The Balaban J connectivity index is 1.48. The summed E-state index contributed by atoms with van der Waals surface area (Å²) in [6, 6.07) is 6.85. The molecule has 1 aromatic carbocycles. The van der Waals surface area contributed by atoms with Gasteiger partial charge in [-0.2, -0.15) is 0 Å². The van der Waals surface area contributed by atoms with E-state index in [1.807, 2.05) is 12.1 Å². The number of rotatable bonds is 1. The molecular formula is C26H33FO2. The summed E-state index contributed by atoms with van der Waals surface area (Å²) in [6.07, 6.45) is 10.6. The van der Waals surface area contributed by atoms with E-state index in [9.17, 15) is 14.6 Å². The maximum absolute atomic E-state index is 14.2. The van der Waals surface area contributed by atoms with Crippen LogP contribution in [0, 0.1) is 34.4 Å². The quantitative estimate of drug-likeness (QED) is 0.615. The minimum absolute atomic E-state index is 0.117. The summed E-state index contributed by atoms with van der Waals surface area (Å²) in [5, 5.41) is 21.4. The van der Waals surface area contributed by atoms with E-state index in [1.54, 1.807) is 12.1 Å². The van der Waals surface area contributed by atoms with Crippen LogP contribution in [0.15, 0.2) is 41.5 Å². The predicted octanol–water partition coefficient (Wildman–Crippen LogP) is 5.50. The molecular weight excluding hydrogens is 363 g/mol. The first-order chi connectivity index (χ1) is 13.8. The van der Waals surface area contributed by atoms with E-state index in [2.05, 4.69) is 19.9 Å². The third-order valence-corrected chi connectivity index (χ3v) is 9.19. The van der Waals surface area contributed by atoms with Crippen LogP contribution in [0.4, 0.5) is 4.39 Å². The summed E-state index contributed by atoms with van der Waals surface area (Å²) in [4.78, 5) is 0. The van der Waals surface area contributed by atoms with E-state index in [0.717, 1.165) is 50.5 Å². The van der Waals surface area contributed by atoms with Crippen LogP contribution in [0.1, 0.15) is 64.4 Å². The number of hydrogen-bond donors (Lipinski definition) is 2. The number of allylic oxidation sites excluding steroid dienone is 1. The molecule has 5 rings (SSSR count). The fraction of sp³-hybridized carbons (Fsp3) is 0.615. The number of halogens is 1. The van der Waals surface area contributed by atoms with Crippen molar-refractivity contribution in [2.45, 2.75) is 71.0 Å². The third-order valence-electron chi connectivity index (χ3n) is 9.19. The fourth-order valence-corrected chi connectivity index (χ4v) is 7.43. The molecule has 0 spiro atoms. The molecule has 7 unspecified atom stereocenters. The van der Waals surface area contributed by atoms with Gasteiger partial charge in [0.1, 0.15) is 5.82 Å². The molecule has 4 aliphatic rings. The molecule has 4 aliphatic carbocycles. The molecule has 29 heavy (non-hydrogen) atoms. The van der Waals surface area contributed by atoms with Crippen LogP contribution in [0.5, 0.6) is 0 Å². The summed E-state index contributed by atoms with van der Waals surface area (Å²) >= 11 is 0. The number of fused-ring (bicyclic) bond motifs is 5. The van der Waals surface area contributed by atoms with E-state index >= 15 is 0 Å². The molecule has 7 atom stereocenters. The first-order valence-corrected chi connectivity index (χ1v) is 11.3. The summed E-state index contributed by atoms with van der Waals surface area (Å²) in [7, 11) is 0. The number of benzene rings is 1. The van der Waals surface area contributed by atoms with Crippen molar-refractivity contribution in [2.24, 2.45) is 28.6 Å². The Bertz CT molecular complexity index is 873. The third kappa shape index (κ3) is 2.88. The number of hydrogen-bond acceptors (Lipinski definition) is 2. The van der Waals surface area contributed by atoms with Crippen LogP contribution in [-0.2, 0) is 0 Å². The fourth-order valence-electron chi connectivity index (χ4n) is 7.43. The van der Waals surface area contributed by atoms with Crippen LogP contribution in [0.3, 0.4) is 0 Å². The molecule has 0 amide bonds. The molecule has 0 saturated heterocycles. The van der Waals surface area contributed by atoms with Crippen molar-refractivity contribution >= 4 is 6.08 Å². The average Bonchev–Trinajstić information content (AvgIpc) is 2.95. The lowest BCUT2D eigenvalue weighted by molar-refractivity contribution is -0.0685. The van der Waals surface area contributed by atoms with Crippen LogP contribution in [-0.4, -0.2) is 22.4 Å².